The van der Waals surface area contributed by atoms with E-state index < -0.39 is 0 Å². The zero-order chi connectivity index (χ0) is 15.1. The van der Waals surface area contributed by atoms with Gasteiger partial charge in [0.05, 0.1) is 7.11 Å². The summed E-state index contributed by atoms with van der Waals surface area (Å²) in [5.41, 5.74) is 1.37. The van der Waals surface area contributed by atoms with Gasteiger partial charge in [0.25, 0.3) is 0 Å². The zero-order valence-corrected chi connectivity index (χ0v) is 14.4. The molecule has 1 saturated carbocycles. The molecule has 3 heteroatoms. The Morgan fingerprint density at radius 1 is 1.19 bits per heavy atom. The van der Waals surface area contributed by atoms with Gasteiger partial charge in [-0.1, -0.05) is 45.2 Å². The van der Waals surface area contributed by atoms with E-state index in [-0.39, 0.29) is 0 Å². The molecule has 1 aromatic rings. The van der Waals surface area contributed by atoms with Crippen molar-refractivity contribution < 1.29 is 4.74 Å². The van der Waals surface area contributed by atoms with Gasteiger partial charge >= 0.3 is 0 Å². The van der Waals surface area contributed by atoms with Gasteiger partial charge in [0.15, 0.2) is 0 Å². The highest BCUT2D eigenvalue weighted by Crippen LogP contribution is 2.36. The topological polar surface area (TPSA) is 21.3 Å². The average molecular weight is 308 g/mol. The molecule has 2 unspecified atom stereocenters. The first kappa shape index (κ1) is 16.7. The molecular weight excluding hydrogens is 278 g/mol. The van der Waals surface area contributed by atoms with E-state index in [1.54, 1.807) is 7.11 Å². The molecule has 0 radical (unpaired) electrons. The summed E-state index contributed by atoms with van der Waals surface area (Å²) in [4.78, 5) is 0. The second-order valence-corrected chi connectivity index (χ2v) is 7.59. The zero-order valence-electron chi connectivity index (χ0n) is 13.6. The largest absolute Gasteiger partial charge is 0.497 e. The molecule has 1 aliphatic rings. The predicted octanol–water partition coefficient (Wildman–Crippen LogP) is 4.80. The Kier molecular flexibility index (Phi) is 6.91. The van der Waals surface area contributed by atoms with Crippen LogP contribution in [0.3, 0.4) is 0 Å². The molecule has 0 spiro atoms. The molecule has 0 aliphatic heterocycles. The van der Waals surface area contributed by atoms with Crippen LogP contribution >= 0.6 is 11.8 Å². The summed E-state index contributed by atoms with van der Waals surface area (Å²) in [6.07, 6.45) is 7.06. The van der Waals surface area contributed by atoms with Crippen LogP contribution in [0.1, 0.15) is 57.6 Å². The summed E-state index contributed by atoms with van der Waals surface area (Å²) in [5.74, 6) is 0.932. The van der Waals surface area contributed by atoms with Crippen LogP contribution in [-0.2, 0) is 0 Å². The van der Waals surface area contributed by atoms with Crippen molar-refractivity contribution in [3.63, 3.8) is 0 Å². The van der Waals surface area contributed by atoms with E-state index in [0.717, 1.165) is 17.5 Å². The summed E-state index contributed by atoms with van der Waals surface area (Å²) >= 11 is 2.18. The number of benzene rings is 1. The standard InChI is InChI=1S/C18H29NOS/c1-4-19-18(15-10-12-16(20-3)13-11-15)14(2)21-17-8-6-5-7-9-17/h10-14,17-19H,4-9H2,1-3H3. The number of methoxy groups -OCH3 is 1. The van der Waals surface area contributed by atoms with Crippen molar-refractivity contribution in [3.05, 3.63) is 29.8 Å². The van der Waals surface area contributed by atoms with Crippen molar-refractivity contribution >= 4 is 11.8 Å². The van der Waals surface area contributed by atoms with Crippen molar-refractivity contribution in [3.8, 4) is 5.75 Å². The highest BCUT2D eigenvalue weighted by atomic mass is 32.2. The van der Waals surface area contributed by atoms with Gasteiger partial charge in [-0.3, -0.25) is 0 Å². The molecule has 0 aromatic heterocycles. The minimum atomic E-state index is 0.424. The molecule has 1 aliphatic carbocycles. The lowest BCUT2D eigenvalue weighted by molar-refractivity contribution is 0.414. The third-order valence-electron chi connectivity index (χ3n) is 4.33. The summed E-state index contributed by atoms with van der Waals surface area (Å²) in [6.45, 7) is 5.57. The average Bonchev–Trinajstić information content (AvgIpc) is 2.53. The van der Waals surface area contributed by atoms with Crippen LogP contribution < -0.4 is 10.1 Å². The lowest BCUT2D eigenvalue weighted by atomic mass is 10.0. The summed E-state index contributed by atoms with van der Waals surface area (Å²) in [6, 6.07) is 8.96. The molecule has 2 rings (SSSR count). The van der Waals surface area contributed by atoms with Crippen LogP contribution in [0.2, 0.25) is 0 Å². The van der Waals surface area contributed by atoms with Crippen LogP contribution in [0.15, 0.2) is 24.3 Å². The van der Waals surface area contributed by atoms with Gasteiger partial charge in [0.2, 0.25) is 0 Å². The second kappa shape index (κ2) is 8.70. The monoisotopic (exact) mass is 307 g/mol. The molecule has 21 heavy (non-hydrogen) atoms. The fourth-order valence-corrected chi connectivity index (χ4v) is 4.79. The van der Waals surface area contributed by atoms with Gasteiger partial charge in [-0.2, -0.15) is 11.8 Å². The Bertz CT molecular complexity index is 400. The number of ether oxygens (including phenoxy) is 1. The molecule has 1 aromatic carbocycles. The smallest absolute Gasteiger partial charge is 0.118 e. The van der Waals surface area contributed by atoms with Gasteiger partial charge in [-0.15, -0.1) is 0 Å². The molecule has 0 heterocycles. The molecule has 1 N–H and O–H groups in total. The van der Waals surface area contributed by atoms with Gasteiger partial charge in [0.1, 0.15) is 5.75 Å². The van der Waals surface area contributed by atoms with E-state index in [9.17, 15) is 0 Å². The first-order valence-corrected chi connectivity index (χ1v) is 9.21. The van der Waals surface area contributed by atoms with E-state index in [1.807, 2.05) is 0 Å². The fourth-order valence-electron chi connectivity index (χ4n) is 3.17. The Morgan fingerprint density at radius 2 is 1.86 bits per heavy atom. The Hall–Kier alpha value is -0.670. The lowest BCUT2D eigenvalue weighted by Crippen LogP contribution is -2.30. The van der Waals surface area contributed by atoms with E-state index in [1.165, 1.54) is 37.7 Å². The quantitative estimate of drug-likeness (QED) is 0.782. The highest BCUT2D eigenvalue weighted by molar-refractivity contribution is 8.00. The highest BCUT2D eigenvalue weighted by Gasteiger charge is 2.23. The maximum absolute atomic E-state index is 5.27. The molecule has 118 valence electrons. The predicted molar refractivity (Wildman–Crippen MR) is 93.3 cm³/mol. The Morgan fingerprint density at radius 3 is 2.43 bits per heavy atom. The van der Waals surface area contributed by atoms with Crippen LogP contribution in [-0.4, -0.2) is 24.2 Å². The maximum Gasteiger partial charge on any atom is 0.118 e. The van der Waals surface area contributed by atoms with Crippen molar-refractivity contribution in [2.45, 2.75) is 62.5 Å². The van der Waals surface area contributed by atoms with E-state index in [2.05, 4.69) is 55.2 Å². The molecule has 0 bridgehead atoms. The summed E-state index contributed by atoms with van der Waals surface area (Å²) in [7, 11) is 1.72. The molecule has 1 fully saturated rings. The van der Waals surface area contributed by atoms with Gasteiger partial charge in [-0.05, 0) is 37.1 Å². The van der Waals surface area contributed by atoms with Crippen LogP contribution in [0.4, 0.5) is 0 Å². The summed E-state index contributed by atoms with van der Waals surface area (Å²) < 4.78 is 5.27. The number of rotatable bonds is 7. The van der Waals surface area contributed by atoms with Crippen molar-refractivity contribution in [2.75, 3.05) is 13.7 Å². The van der Waals surface area contributed by atoms with Gasteiger partial charge < -0.3 is 10.1 Å². The number of hydrogen-bond donors (Lipinski definition) is 1. The molecule has 2 nitrogen and oxygen atoms in total. The number of thioether (sulfide) groups is 1. The Labute approximate surface area is 134 Å². The minimum absolute atomic E-state index is 0.424. The van der Waals surface area contributed by atoms with E-state index in [4.69, 9.17) is 4.74 Å². The maximum atomic E-state index is 5.27. The summed E-state index contributed by atoms with van der Waals surface area (Å²) in [5, 5.41) is 5.12. The SMILES string of the molecule is CCNC(c1ccc(OC)cc1)C(C)SC1CCCCC1. The lowest BCUT2D eigenvalue weighted by Gasteiger charge is -2.30. The third-order valence-corrected chi connectivity index (χ3v) is 5.89. The first-order valence-electron chi connectivity index (χ1n) is 8.27. The molecule has 0 saturated heterocycles. The Balaban J connectivity index is 2.01. The molecule has 0 amide bonds. The van der Waals surface area contributed by atoms with Crippen molar-refractivity contribution in [1.29, 1.82) is 0 Å². The fraction of sp³-hybridized carbons (Fsp3) is 0.667. The van der Waals surface area contributed by atoms with Crippen LogP contribution in [0.25, 0.3) is 0 Å². The minimum Gasteiger partial charge on any atom is -0.497 e. The van der Waals surface area contributed by atoms with Crippen LogP contribution in [0, 0.1) is 0 Å². The normalized spacial score (nSPS) is 19.2. The van der Waals surface area contributed by atoms with Crippen molar-refractivity contribution in [2.24, 2.45) is 0 Å². The van der Waals surface area contributed by atoms with E-state index >= 15 is 0 Å². The van der Waals surface area contributed by atoms with Crippen molar-refractivity contribution in [1.82, 2.24) is 5.32 Å². The second-order valence-electron chi connectivity index (χ2n) is 5.91. The van der Waals surface area contributed by atoms with Gasteiger partial charge in [-0.25, -0.2) is 0 Å². The van der Waals surface area contributed by atoms with E-state index in [0.29, 0.717) is 11.3 Å². The number of hydrogen-bond acceptors (Lipinski definition) is 3. The first-order chi connectivity index (χ1) is 10.2. The molecule has 2 atom stereocenters. The van der Waals surface area contributed by atoms with Crippen LogP contribution in [0.5, 0.6) is 5.75 Å². The van der Waals surface area contributed by atoms with Gasteiger partial charge in [0, 0.05) is 16.5 Å². The molecular formula is C18H29NOS. The number of nitrogens with one attached hydrogen (secondary N) is 1. The third kappa shape index (κ3) is 4.93.